The zero-order valence-electron chi connectivity index (χ0n) is 17.2. The van der Waals surface area contributed by atoms with E-state index in [0.717, 1.165) is 29.7 Å². The van der Waals surface area contributed by atoms with Gasteiger partial charge in [0.2, 0.25) is 0 Å². The molecule has 0 unspecified atom stereocenters. The van der Waals surface area contributed by atoms with E-state index in [0.29, 0.717) is 23.2 Å². The molecule has 0 spiro atoms. The van der Waals surface area contributed by atoms with Crippen LogP contribution >= 0.6 is 0 Å². The van der Waals surface area contributed by atoms with Crippen LogP contribution in [0.1, 0.15) is 39.0 Å². The lowest BCUT2D eigenvalue weighted by Gasteiger charge is -2.09. The highest BCUT2D eigenvalue weighted by Crippen LogP contribution is 2.16. The lowest BCUT2D eigenvalue weighted by Crippen LogP contribution is -2.25. The first-order chi connectivity index (χ1) is 15.7. The van der Waals surface area contributed by atoms with Crippen molar-refractivity contribution in [1.29, 1.82) is 5.26 Å². The Labute approximate surface area is 185 Å². The molecule has 0 saturated carbocycles. The van der Waals surface area contributed by atoms with Crippen molar-refractivity contribution in [3.8, 4) is 23.6 Å². The van der Waals surface area contributed by atoms with Gasteiger partial charge in [0.15, 0.2) is 0 Å². The summed E-state index contributed by atoms with van der Waals surface area (Å²) in [6, 6.07) is 16.4. The third kappa shape index (κ3) is 5.10. The highest BCUT2D eigenvalue weighted by molar-refractivity contribution is 5.95. The lowest BCUT2D eigenvalue weighted by molar-refractivity contribution is 0.0953. The predicted molar refractivity (Wildman–Crippen MR) is 120 cm³/mol. The Morgan fingerprint density at radius 1 is 1.12 bits per heavy atom. The second-order valence-corrected chi connectivity index (χ2v) is 7.09. The van der Waals surface area contributed by atoms with E-state index in [4.69, 9.17) is 5.26 Å². The third-order valence-electron chi connectivity index (χ3n) is 4.83. The van der Waals surface area contributed by atoms with Crippen molar-refractivity contribution in [3.05, 3.63) is 101 Å². The zero-order chi connectivity index (χ0) is 22.2. The number of aromatic amines is 1. The largest absolute Gasteiger partial charge is 0.352 e. The molecular weight excluding hydrogens is 400 g/mol. The summed E-state index contributed by atoms with van der Waals surface area (Å²) in [6.45, 7) is 0.562. The van der Waals surface area contributed by atoms with Crippen LogP contribution < -0.4 is 5.32 Å². The van der Waals surface area contributed by atoms with Crippen LogP contribution in [0, 0.1) is 23.2 Å². The van der Waals surface area contributed by atoms with Gasteiger partial charge in [0.05, 0.1) is 29.1 Å². The van der Waals surface area contributed by atoms with Gasteiger partial charge in [0.25, 0.3) is 5.91 Å². The van der Waals surface area contributed by atoms with E-state index in [-0.39, 0.29) is 5.91 Å². The maximum Gasteiger partial charge on any atom is 0.251 e. The van der Waals surface area contributed by atoms with Gasteiger partial charge in [-0.1, -0.05) is 17.9 Å². The first-order valence-corrected chi connectivity index (χ1v) is 10.1. The van der Waals surface area contributed by atoms with Crippen molar-refractivity contribution in [1.82, 2.24) is 25.3 Å². The zero-order valence-corrected chi connectivity index (χ0v) is 17.2. The van der Waals surface area contributed by atoms with Crippen LogP contribution in [0.4, 0.5) is 0 Å². The summed E-state index contributed by atoms with van der Waals surface area (Å²) in [7, 11) is 0. The van der Waals surface area contributed by atoms with Crippen molar-refractivity contribution in [2.24, 2.45) is 0 Å². The van der Waals surface area contributed by atoms with Crippen LogP contribution in [0.5, 0.6) is 0 Å². The van der Waals surface area contributed by atoms with E-state index in [1.54, 1.807) is 47.4 Å². The number of nitriles is 1. The quantitative estimate of drug-likeness (QED) is 0.369. The summed E-state index contributed by atoms with van der Waals surface area (Å²) in [5, 5.41) is 23.0. The first-order valence-electron chi connectivity index (χ1n) is 10.1. The summed E-state index contributed by atoms with van der Waals surface area (Å²) < 4.78 is 1.71. The molecule has 4 aromatic rings. The molecule has 7 heteroatoms. The highest BCUT2D eigenvalue weighted by atomic mass is 16.1. The fraction of sp³-hybridized carbons (Fsp3) is 0.120. The molecule has 0 aliphatic carbocycles. The number of hydrogen-bond donors (Lipinski definition) is 2. The molecular formula is C25H20N6O. The van der Waals surface area contributed by atoms with E-state index < -0.39 is 0 Å². The van der Waals surface area contributed by atoms with Crippen molar-refractivity contribution in [2.45, 2.75) is 12.8 Å². The molecule has 0 aliphatic rings. The summed E-state index contributed by atoms with van der Waals surface area (Å²) in [4.78, 5) is 12.7. The molecule has 32 heavy (non-hydrogen) atoms. The van der Waals surface area contributed by atoms with Crippen LogP contribution in [-0.4, -0.2) is 32.4 Å². The number of amides is 1. The predicted octanol–water partition coefficient (Wildman–Crippen LogP) is 3.23. The van der Waals surface area contributed by atoms with Crippen LogP contribution in [0.15, 0.2) is 73.3 Å². The van der Waals surface area contributed by atoms with E-state index >= 15 is 0 Å². The van der Waals surface area contributed by atoms with Gasteiger partial charge in [-0.2, -0.15) is 15.5 Å². The molecule has 0 bridgehead atoms. The summed E-state index contributed by atoms with van der Waals surface area (Å²) in [5.74, 6) is 6.07. The minimum atomic E-state index is -0.154. The number of H-pyrrole nitrogens is 1. The second-order valence-electron chi connectivity index (χ2n) is 7.09. The Bertz CT molecular complexity index is 1300. The van der Waals surface area contributed by atoms with Crippen LogP contribution in [0.3, 0.4) is 0 Å². The molecule has 0 radical (unpaired) electrons. The van der Waals surface area contributed by atoms with Gasteiger partial charge in [0.1, 0.15) is 0 Å². The molecule has 2 aromatic heterocycles. The molecule has 156 valence electrons. The molecule has 1 amide bonds. The smallest absolute Gasteiger partial charge is 0.251 e. The van der Waals surface area contributed by atoms with Crippen molar-refractivity contribution >= 4 is 5.91 Å². The van der Waals surface area contributed by atoms with Gasteiger partial charge in [-0.3, -0.25) is 9.89 Å². The Morgan fingerprint density at radius 3 is 2.81 bits per heavy atom. The Kier molecular flexibility index (Phi) is 6.40. The van der Waals surface area contributed by atoms with Crippen LogP contribution in [0.25, 0.3) is 5.69 Å². The molecule has 2 N–H and O–H groups in total. The summed E-state index contributed by atoms with van der Waals surface area (Å²) >= 11 is 0. The fourth-order valence-corrected chi connectivity index (χ4v) is 3.21. The summed E-state index contributed by atoms with van der Waals surface area (Å²) in [6.07, 6.45) is 8.81. The molecule has 7 nitrogen and oxygen atoms in total. The number of hydrogen-bond acceptors (Lipinski definition) is 4. The van der Waals surface area contributed by atoms with Crippen LogP contribution in [-0.2, 0) is 6.42 Å². The van der Waals surface area contributed by atoms with Gasteiger partial charge in [-0.05, 0) is 60.9 Å². The molecule has 0 fully saturated rings. The molecule has 0 aliphatic heterocycles. The van der Waals surface area contributed by atoms with Gasteiger partial charge in [0, 0.05) is 36.3 Å². The van der Waals surface area contributed by atoms with E-state index in [1.165, 1.54) is 0 Å². The van der Waals surface area contributed by atoms with E-state index in [2.05, 4.69) is 38.5 Å². The molecule has 2 heterocycles. The number of rotatable bonds is 6. The van der Waals surface area contributed by atoms with Crippen LogP contribution in [0.2, 0.25) is 0 Å². The Balaban J connectivity index is 1.54. The topological polar surface area (TPSA) is 99.4 Å². The van der Waals surface area contributed by atoms with Crippen molar-refractivity contribution in [2.75, 3.05) is 6.54 Å². The number of benzene rings is 2. The molecule has 0 atom stereocenters. The van der Waals surface area contributed by atoms with Crippen molar-refractivity contribution in [3.63, 3.8) is 0 Å². The molecule has 0 saturated heterocycles. The van der Waals surface area contributed by atoms with Gasteiger partial charge in [-0.25, -0.2) is 4.68 Å². The minimum Gasteiger partial charge on any atom is -0.352 e. The van der Waals surface area contributed by atoms with Gasteiger partial charge < -0.3 is 5.32 Å². The average Bonchev–Trinajstić information content (AvgIpc) is 3.55. The normalized spacial score (nSPS) is 10.1. The number of carbonyl (C=O) groups is 1. The van der Waals surface area contributed by atoms with Gasteiger partial charge >= 0.3 is 0 Å². The number of carbonyl (C=O) groups excluding carboxylic acids is 1. The number of aryl methyl sites for hydroxylation is 1. The second kappa shape index (κ2) is 9.92. The maximum absolute atomic E-state index is 12.7. The lowest BCUT2D eigenvalue weighted by atomic mass is 10.1. The monoisotopic (exact) mass is 420 g/mol. The summed E-state index contributed by atoms with van der Waals surface area (Å²) in [5.41, 5.74) is 4.36. The van der Waals surface area contributed by atoms with Crippen molar-refractivity contribution < 1.29 is 4.79 Å². The number of nitrogens with zero attached hydrogens (tertiary/aromatic N) is 4. The first kappa shape index (κ1) is 20.6. The third-order valence-corrected chi connectivity index (χ3v) is 4.83. The van der Waals surface area contributed by atoms with E-state index in [9.17, 15) is 4.79 Å². The minimum absolute atomic E-state index is 0.154. The van der Waals surface area contributed by atoms with Gasteiger partial charge in [-0.15, -0.1) is 0 Å². The Hall–Kier alpha value is -4.62. The maximum atomic E-state index is 12.7. The molecule has 2 aromatic carbocycles. The number of aromatic nitrogens is 4. The average molecular weight is 420 g/mol. The Morgan fingerprint density at radius 2 is 2.03 bits per heavy atom. The fourth-order valence-electron chi connectivity index (χ4n) is 3.21. The molecule has 4 rings (SSSR count). The van der Waals surface area contributed by atoms with E-state index in [1.807, 2.05) is 30.6 Å². The number of nitrogens with one attached hydrogen (secondary N) is 2. The highest BCUT2D eigenvalue weighted by Gasteiger charge is 2.10. The SMILES string of the molecule is N#Cc1cccc(C#Cc2cc(C(=O)NCCCc3cn[nH]c3)ccc2-n2cccn2)c1. The standard InChI is InChI=1S/C25H20N6O/c26-16-20-5-1-4-19(14-20)7-8-22-15-23(9-10-24(22)31-13-3-12-30-31)25(32)27-11-2-6-21-17-28-29-18-21/h1,3-5,9-10,12-15,17-18H,2,6,11H2,(H,27,32)(H,28,29).